The number of rotatable bonds is 4. The van der Waals surface area contributed by atoms with Gasteiger partial charge in [-0.15, -0.1) is 0 Å². The molecule has 3 heteroatoms. The summed E-state index contributed by atoms with van der Waals surface area (Å²) >= 11 is 0. The van der Waals surface area contributed by atoms with Crippen LogP contribution in [0.3, 0.4) is 0 Å². The molecule has 0 bridgehead atoms. The van der Waals surface area contributed by atoms with Crippen molar-refractivity contribution in [1.29, 1.82) is 0 Å². The fourth-order valence-electron chi connectivity index (χ4n) is 2.85. The molecular weight excluding hydrogens is 227 g/mol. The quantitative estimate of drug-likeness (QED) is 0.890. The van der Waals surface area contributed by atoms with Crippen LogP contribution in [0.5, 0.6) is 0 Å². The third kappa shape index (κ3) is 3.30. The normalized spacial score (nSPS) is 24.4. The van der Waals surface area contributed by atoms with Gasteiger partial charge in [0.05, 0.1) is 0 Å². The van der Waals surface area contributed by atoms with Crippen molar-refractivity contribution in [3.05, 3.63) is 35.6 Å². The topological polar surface area (TPSA) is 29.3 Å². The third-order valence-electron chi connectivity index (χ3n) is 4.04. The van der Waals surface area contributed by atoms with E-state index < -0.39 is 0 Å². The highest BCUT2D eigenvalue weighted by Gasteiger charge is 2.25. The molecule has 1 aromatic carbocycles. The van der Waals surface area contributed by atoms with Crippen LogP contribution in [0.25, 0.3) is 0 Å². The van der Waals surface area contributed by atoms with E-state index in [9.17, 15) is 4.39 Å². The lowest BCUT2D eigenvalue weighted by Gasteiger charge is -2.36. The van der Waals surface area contributed by atoms with Crippen LogP contribution >= 0.6 is 0 Å². The van der Waals surface area contributed by atoms with E-state index >= 15 is 0 Å². The molecule has 0 heterocycles. The molecule has 1 saturated carbocycles. The van der Waals surface area contributed by atoms with Crippen LogP contribution in [0.1, 0.15) is 31.2 Å². The molecule has 0 spiro atoms. The lowest BCUT2D eigenvalue weighted by atomic mass is 9.90. The van der Waals surface area contributed by atoms with Crippen molar-refractivity contribution < 1.29 is 4.39 Å². The maximum atomic E-state index is 13.5. The number of halogens is 1. The molecule has 1 aliphatic rings. The average molecular weight is 250 g/mol. The molecule has 100 valence electrons. The SMILES string of the molecule is CN(CCc1ccccc1F)C1CCCCC1N. The smallest absolute Gasteiger partial charge is 0.126 e. The fraction of sp³-hybridized carbons (Fsp3) is 0.600. The Balaban J connectivity index is 1.88. The molecule has 0 amide bonds. The fourth-order valence-corrected chi connectivity index (χ4v) is 2.85. The van der Waals surface area contributed by atoms with Gasteiger partial charge in [-0.3, -0.25) is 0 Å². The number of likely N-dealkylation sites (N-methyl/N-ethyl adjacent to an activating group) is 1. The Bertz CT molecular complexity index is 381. The van der Waals surface area contributed by atoms with Gasteiger partial charge in [0.25, 0.3) is 0 Å². The van der Waals surface area contributed by atoms with E-state index in [1.165, 1.54) is 25.3 Å². The van der Waals surface area contributed by atoms with E-state index in [4.69, 9.17) is 5.73 Å². The van der Waals surface area contributed by atoms with E-state index in [0.717, 1.165) is 24.9 Å². The van der Waals surface area contributed by atoms with E-state index in [-0.39, 0.29) is 11.9 Å². The first-order valence-corrected chi connectivity index (χ1v) is 6.87. The molecule has 0 saturated heterocycles. The molecule has 0 aliphatic heterocycles. The zero-order valence-electron chi connectivity index (χ0n) is 11.1. The van der Waals surface area contributed by atoms with Crippen molar-refractivity contribution in [2.24, 2.45) is 5.73 Å². The van der Waals surface area contributed by atoms with Crippen LogP contribution in [0.4, 0.5) is 4.39 Å². The Morgan fingerprint density at radius 3 is 2.72 bits per heavy atom. The lowest BCUT2D eigenvalue weighted by molar-refractivity contribution is 0.170. The maximum Gasteiger partial charge on any atom is 0.126 e. The highest BCUT2D eigenvalue weighted by Crippen LogP contribution is 2.21. The van der Waals surface area contributed by atoms with Crippen molar-refractivity contribution in [2.75, 3.05) is 13.6 Å². The van der Waals surface area contributed by atoms with Gasteiger partial charge in [-0.05, 0) is 37.9 Å². The van der Waals surface area contributed by atoms with Gasteiger partial charge in [-0.25, -0.2) is 4.39 Å². The summed E-state index contributed by atoms with van der Waals surface area (Å²) in [6.45, 7) is 0.874. The summed E-state index contributed by atoms with van der Waals surface area (Å²) in [7, 11) is 2.11. The first-order chi connectivity index (χ1) is 8.68. The maximum absolute atomic E-state index is 13.5. The zero-order chi connectivity index (χ0) is 13.0. The average Bonchev–Trinajstić information content (AvgIpc) is 2.38. The summed E-state index contributed by atoms with van der Waals surface area (Å²) in [5.41, 5.74) is 6.96. The molecule has 2 N–H and O–H groups in total. The van der Waals surface area contributed by atoms with Gasteiger partial charge in [0, 0.05) is 18.6 Å². The van der Waals surface area contributed by atoms with Gasteiger partial charge in [-0.1, -0.05) is 31.0 Å². The van der Waals surface area contributed by atoms with Crippen LogP contribution in [0.15, 0.2) is 24.3 Å². The standard InChI is InChI=1S/C15H23FN2/c1-18(15-9-5-4-8-14(15)17)11-10-12-6-2-3-7-13(12)16/h2-3,6-7,14-15H,4-5,8-11,17H2,1H3. The van der Waals surface area contributed by atoms with Crippen molar-refractivity contribution in [2.45, 2.75) is 44.2 Å². The number of nitrogens with two attached hydrogens (primary N) is 1. The Labute approximate surface area is 109 Å². The zero-order valence-corrected chi connectivity index (χ0v) is 11.1. The molecule has 2 rings (SSSR count). The Morgan fingerprint density at radius 1 is 1.28 bits per heavy atom. The van der Waals surface area contributed by atoms with Crippen LogP contribution in [0, 0.1) is 5.82 Å². The Morgan fingerprint density at radius 2 is 2.00 bits per heavy atom. The molecule has 1 aliphatic carbocycles. The molecule has 18 heavy (non-hydrogen) atoms. The van der Waals surface area contributed by atoms with Crippen LogP contribution in [-0.2, 0) is 6.42 Å². The number of hydrogen-bond donors (Lipinski definition) is 1. The molecule has 2 unspecified atom stereocenters. The van der Waals surface area contributed by atoms with Crippen molar-refractivity contribution >= 4 is 0 Å². The van der Waals surface area contributed by atoms with Gasteiger partial charge < -0.3 is 10.6 Å². The summed E-state index contributed by atoms with van der Waals surface area (Å²) in [6.07, 6.45) is 5.57. The summed E-state index contributed by atoms with van der Waals surface area (Å²) in [6, 6.07) is 7.77. The van der Waals surface area contributed by atoms with Crippen LogP contribution < -0.4 is 5.73 Å². The Kier molecular flexibility index (Phi) is 4.72. The van der Waals surface area contributed by atoms with Crippen molar-refractivity contribution in [1.82, 2.24) is 4.90 Å². The summed E-state index contributed by atoms with van der Waals surface area (Å²) in [5, 5.41) is 0. The monoisotopic (exact) mass is 250 g/mol. The molecule has 0 radical (unpaired) electrons. The summed E-state index contributed by atoms with van der Waals surface area (Å²) in [5.74, 6) is -0.0983. The van der Waals surface area contributed by atoms with Gasteiger partial charge in [0.2, 0.25) is 0 Å². The minimum Gasteiger partial charge on any atom is -0.326 e. The molecule has 1 fully saturated rings. The molecule has 2 nitrogen and oxygen atoms in total. The van der Waals surface area contributed by atoms with E-state index in [1.54, 1.807) is 6.07 Å². The molecule has 0 aromatic heterocycles. The van der Waals surface area contributed by atoms with E-state index in [1.807, 2.05) is 12.1 Å². The second kappa shape index (κ2) is 6.30. The van der Waals surface area contributed by atoms with Gasteiger partial charge >= 0.3 is 0 Å². The highest BCUT2D eigenvalue weighted by molar-refractivity contribution is 5.17. The number of nitrogens with zero attached hydrogens (tertiary/aromatic N) is 1. The first kappa shape index (κ1) is 13.5. The van der Waals surface area contributed by atoms with Crippen LogP contribution in [-0.4, -0.2) is 30.6 Å². The minimum atomic E-state index is -0.0983. The number of benzene rings is 1. The predicted molar refractivity (Wildman–Crippen MR) is 73.0 cm³/mol. The van der Waals surface area contributed by atoms with Crippen molar-refractivity contribution in [3.8, 4) is 0 Å². The summed E-state index contributed by atoms with van der Waals surface area (Å²) < 4.78 is 13.5. The first-order valence-electron chi connectivity index (χ1n) is 6.87. The predicted octanol–water partition coefficient (Wildman–Crippen LogP) is 2.57. The largest absolute Gasteiger partial charge is 0.326 e. The molecule has 1 aromatic rings. The second-order valence-corrected chi connectivity index (χ2v) is 5.34. The minimum absolute atomic E-state index is 0.0983. The van der Waals surface area contributed by atoms with E-state index in [0.29, 0.717) is 6.04 Å². The van der Waals surface area contributed by atoms with Gasteiger partial charge in [0.1, 0.15) is 5.82 Å². The second-order valence-electron chi connectivity index (χ2n) is 5.34. The van der Waals surface area contributed by atoms with Crippen LogP contribution in [0.2, 0.25) is 0 Å². The van der Waals surface area contributed by atoms with E-state index in [2.05, 4.69) is 11.9 Å². The molecule has 2 atom stereocenters. The summed E-state index contributed by atoms with van der Waals surface area (Å²) in [4.78, 5) is 2.30. The van der Waals surface area contributed by atoms with Gasteiger partial charge in [-0.2, -0.15) is 0 Å². The van der Waals surface area contributed by atoms with Gasteiger partial charge in [0.15, 0.2) is 0 Å². The molecular formula is C15H23FN2. The third-order valence-corrected chi connectivity index (χ3v) is 4.04. The lowest BCUT2D eigenvalue weighted by Crippen LogP contribution is -2.48. The van der Waals surface area contributed by atoms with Crippen molar-refractivity contribution in [3.63, 3.8) is 0 Å². The highest BCUT2D eigenvalue weighted by atomic mass is 19.1. The Hall–Kier alpha value is -0.930. The number of hydrogen-bond acceptors (Lipinski definition) is 2.